The van der Waals surface area contributed by atoms with Crippen LogP contribution in [0.5, 0.6) is 0 Å². The van der Waals surface area contributed by atoms with Crippen LogP contribution >= 0.6 is 22.7 Å². The van der Waals surface area contributed by atoms with E-state index in [1.165, 1.54) is 52.3 Å². The van der Waals surface area contributed by atoms with Crippen LogP contribution in [-0.4, -0.2) is 6.71 Å². The van der Waals surface area contributed by atoms with E-state index in [9.17, 15) is 0 Å². The summed E-state index contributed by atoms with van der Waals surface area (Å²) < 4.78 is 4.12. The van der Waals surface area contributed by atoms with Crippen LogP contribution in [0.4, 0.5) is 16.4 Å². The second-order valence-electron chi connectivity index (χ2n) is 8.14. The van der Waals surface area contributed by atoms with Gasteiger partial charge in [0.15, 0.2) is 0 Å². The Balaban J connectivity index is 1.65. The van der Waals surface area contributed by atoms with Crippen LogP contribution in [0.3, 0.4) is 0 Å². The molecule has 0 aliphatic carbocycles. The second kappa shape index (κ2) is 7.09. The Bertz CT molecular complexity index is 1460. The molecule has 0 saturated carbocycles. The standard InChI is InChI=1S/C28H18BNS2/c1-3-11-19(12-4-1)29-25-21-15-7-9-17-23(21)32-28(25)30(20-13-5-2-6-14-20)26-22-16-8-10-18-24(22)31-27(26)29/h1-18H. The van der Waals surface area contributed by atoms with Crippen molar-refractivity contribution in [1.29, 1.82) is 0 Å². The number of fused-ring (bicyclic) bond motifs is 6. The molecule has 1 aliphatic heterocycles. The van der Waals surface area contributed by atoms with Crippen molar-refractivity contribution in [2.24, 2.45) is 0 Å². The summed E-state index contributed by atoms with van der Waals surface area (Å²) in [6.07, 6.45) is 0. The predicted octanol–water partition coefficient (Wildman–Crippen LogP) is 6.42. The fourth-order valence-corrected chi connectivity index (χ4v) is 7.59. The first-order valence-electron chi connectivity index (χ1n) is 10.8. The van der Waals surface area contributed by atoms with Gasteiger partial charge < -0.3 is 4.90 Å². The molecule has 0 unspecified atom stereocenters. The Hall–Kier alpha value is -3.34. The van der Waals surface area contributed by atoms with Gasteiger partial charge in [-0.1, -0.05) is 90.4 Å². The van der Waals surface area contributed by atoms with Gasteiger partial charge in [-0.25, -0.2) is 0 Å². The van der Waals surface area contributed by atoms with E-state index in [1.807, 2.05) is 22.7 Å². The third-order valence-electron chi connectivity index (χ3n) is 6.33. The molecule has 1 aliphatic rings. The number of hydrogen-bond donors (Lipinski definition) is 0. The zero-order valence-corrected chi connectivity index (χ0v) is 18.9. The minimum Gasteiger partial charge on any atom is -0.301 e. The van der Waals surface area contributed by atoms with Gasteiger partial charge in [0.05, 0.1) is 10.7 Å². The fourth-order valence-electron chi connectivity index (χ4n) is 4.99. The van der Waals surface area contributed by atoms with E-state index in [0.29, 0.717) is 0 Å². The third-order valence-corrected chi connectivity index (χ3v) is 8.73. The molecule has 0 bridgehead atoms. The summed E-state index contributed by atoms with van der Waals surface area (Å²) in [5, 5.41) is 4.04. The van der Waals surface area contributed by atoms with Crippen LogP contribution in [0.15, 0.2) is 109 Å². The van der Waals surface area contributed by atoms with Crippen molar-refractivity contribution in [3.8, 4) is 0 Å². The molecule has 0 atom stereocenters. The van der Waals surface area contributed by atoms with Crippen LogP contribution in [0.1, 0.15) is 0 Å². The van der Waals surface area contributed by atoms with Gasteiger partial charge in [-0.2, -0.15) is 0 Å². The summed E-state index contributed by atoms with van der Waals surface area (Å²) in [6.45, 7) is 0.231. The predicted molar refractivity (Wildman–Crippen MR) is 143 cm³/mol. The largest absolute Gasteiger partial charge is 0.301 e. The molecule has 3 heterocycles. The van der Waals surface area contributed by atoms with Crippen molar-refractivity contribution in [2.45, 2.75) is 0 Å². The minimum absolute atomic E-state index is 0.231. The SMILES string of the molecule is c1ccc(B2c3sc4ccccc4c3N(c3ccccc3)c3sc4ccccc4c32)cc1. The molecule has 0 N–H and O–H groups in total. The average Bonchev–Trinajstić information content (AvgIpc) is 3.42. The summed E-state index contributed by atoms with van der Waals surface area (Å²) in [5.41, 5.74) is 5.35. The topological polar surface area (TPSA) is 3.24 Å². The molecule has 1 nitrogen and oxygen atoms in total. The van der Waals surface area contributed by atoms with E-state index in [2.05, 4.69) is 114 Å². The smallest absolute Gasteiger partial charge is 0.261 e. The van der Waals surface area contributed by atoms with Crippen LogP contribution < -0.4 is 20.6 Å². The molecule has 150 valence electrons. The Morgan fingerprint density at radius 2 is 1.16 bits per heavy atom. The first kappa shape index (κ1) is 18.3. The molecule has 4 heteroatoms. The lowest BCUT2D eigenvalue weighted by Gasteiger charge is -2.33. The van der Waals surface area contributed by atoms with Crippen molar-refractivity contribution in [3.63, 3.8) is 0 Å². The highest BCUT2D eigenvalue weighted by Crippen LogP contribution is 2.46. The van der Waals surface area contributed by atoms with Crippen molar-refractivity contribution < 1.29 is 0 Å². The summed E-state index contributed by atoms with van der Waals surface area (Å²) in [7, 11) is 0. The van der Waals surface area contributed by atoms with Gasteiger partial charge in [0.1, 0.15) is 0 Å². The monoisotopic (exact) mass is 443 g/mol. The highest BCUT2D eigenvalue weighted by Gasteiger charge is 2.40. The van der Waals surface area contributed by atoms with E-state index in [1.54, 1.807) is 0 Å². The Labute approximate surface area is 195 Å². The molecule has 0 spiro atoms. The van der Waals surface area contributed by atoms with E-state index in [0.717, 1.165) is 0 Å². The number of thiophene rings is 2. The van der Waals surface area contributed by atoms with Crippen LogP contribution in [0.2, 0.25) is 0 Å². The van der Waals surface area contributed by atoms with E-state index in [-0.39, 0.29) is 6.71 Å². The first-order valence-corrected chi connectivity index (χ1v) is 12.5. The van der Waals surface area contributed by atoms with Crippen molar-refractivity contribution in [1.82, 2.24) is 0 Å². The lowest BCUT2D eigenvalue weighted by molar-refractivity contribution is 1.35. The number of para-hydroxylation sites is 1. The number of hydrogen-bond acceptors (Lipinski definition) is 3. The minimum atomic E-state index is 0.231. The molecular weight excluding hydrogens is 425 g/mol. The molecule has 2 aromatic heterocycles. The number of rotatable bonds is 2. The number of benzene rings is 4. The zero-order valence-electron chi connectivity index (χ0n) is 17.2. The summed E-state index contributed by atoms with van der Waals surface area (Å²) in [4.78, 5) is 2.51. The van der Waals surface area contributed by atoms with Gasteiger partial charge in [0.25, 0.3) is 6.71 Å². The quantitative estimate of drug-likeness (QED) is 0.279. The van der Waals surface area contributed by atoms with E-state index in [4.69, 9.17) is 0 Å². The second-order valence-corrected chi connectivity index (χ2v) is 10.3. The van der Waals surface area contributed by atoms with Gasteiger partial charge in [-0.15, -0.1) is 22.7 Å². The Kier molecular flexibility index (Phi) is 4.05. The average molecular weight is 443 g/mol. The molecular formula is C28H18BNS2. The van der Waals surface area contributed by atoms with Crippen molar-refractivity contribution in [3.05, 3.63) is 109 Å². The van der Waals surface area contributed by atoms with E-state index >= 15 is 0 Å². The molecule has 32 heavy (non-hydrogen) atoms. The lowest BCUT2D eigenvalue weighted by Crippen LogP contribution is -2.55. The number of anilines is 3. The van der Waals surface area contributed by atoms with Crippen LogP contribution in [0.25, 0.3) is 20.2 Å². The molecule has 0 amide bonds. The third kappa shape index (κ3) is 2.57. The molecule has 0 radical (unpaired) electrons. The Morgan fingerprint density at radius 3 is 1.91 bits per heavy atom. The highest BCUT2D eigenvalue weighted by molar-refractivity contribution is 7.35. The molecule has 6 aromatic rings. The number of nitrogens with zero attached hydrogens (tertiary/aromatic N) is 1. The summed E-state index contributed by atoms with van der Waals surface area (Å²) >= 11 is 3.85. The van der Waals surface area contributed by atoms with Gasteiger partial charge in [0, 0.05) is 25.2 Å². The van der Waals surface area contributed by atoms with Gasteiger partial charge in [-0.3, -0.25) is 0 Å². The normalized spacial score (nSPS) is 12.9. The van der Waals surface area contributed by atoms with Crippen molar-refractivity contribution >= 4 is 81.6 Å². The summed E-state index contributed by atoms with van der Waals surface area (Å²) in [5.74, 6) is 0. The zero-order chi connectivity index (χ0) is 21.1. The molecule has 0 saturated heterocycles. The molecule has 7 rings (SSSR count). The molecule has 0 fully saturated rings. The van der Waals surface area contributed by atoms with Gasteiger partial charge >= 0.3 is 0 Å². The lowest BCUT2D eigenvalue weighted by atomic mass is 9.38. The summed E-state index contributed by atoms with van der Waals surface area (Å²) in [6, 6.07) is 39.6. The maximum Gasteiger partial charge on any atom is 0.261 e. The van der Waals surface area contributed by atoms with Crippen molar-refractivity contribution in [2.75, 3.05) is 4.90 Å². The maximum atomic E-state index is 2.51. The Morgan fingerprint density at radius 1 is 0.562 bits per heavy atom. The van der Waals surface area contributed by atoms with Crippen LogP contribution in [0, 0.1) is 0 Å². The van der Waals surface area contributed by atoms with Gasteiger partial charge in [0.2, 0.25) is 0 Å². The van der Waals surface area contributed by atoms with Gasteiger partial charge in [-0.05, 0) is 35.1 Å². The highest BCUT2D eigenvalue weighted by atomic mass is 32.1. The first-order chi connectivity index (χ1) is 15.9. The molecule has 4 aromatic carbocycles. The van der Waals surface area contributed by atoms with Crippen LogP contribution in [-0.2, 0) is 0 Å². The van der Waals surface area contributed by atoms with E-state index < -0.39 is 0 Å². The fraction of sp³-hybridized carbons (Fsp3) is 0. The maximum absolute atomic E-state index is 2.51.